The number of unbranched alkanes of at least 4 members (excludes halogenated alkanes) is 4. The van der Waals surface area contributed by atoms with E-state index in [1.165, 1.54) is 75.8 Å². The number of halogens is 3. The van der Waals surface area contributed by atoms with Gasteiger partial charge in [-0.2, -0.15) is 8.78 Å². The van der Waals surface area contributed by atoms with Gasteiger partial charge in [-0.25, -0.2) is 4.39 Å². The van der Waals surface area contributed by atoms with Gasteiger partial charge in [-0.15, -0.1) is 0 Å². The van der Waals surface area contributed by atoms with Crippen molar-refractivity contribution in [3.8, 4) is 0 Å². The molecule has 28 heavy (non-hydrogen) atoms. The monoisotopic (exact) mass is 388 g/mol. The van der Waals surface area contributed by atoms with Crippen LogP contribution in [0.2, 0.25) is 0 Å². The van der Waals surface area contributed by atoms with Crippen LogP contribution >= 0.6 is 0 Å². The van der Waals surface area contributed by atoms with Gasteiger partial charge in [-0.05, 0) is 48.5 Å². The summed E-state index contributed by atoms with van der Waals surface area (Å²) in [5.74, 6) is 0.830. The van der Waals surface area contributed by atoms with Crippen molar-refractivity contribution in [3.05, 3.63) is 53.4 Å². The van der Waals surface area contributed by atoms with Crippen molar-refractivity contribution in [1.29, 1.82) is 0 Å². The van der Waals surface area contributed by atoms with Crippen molar-refractivity contribution in [2.45, 2.75) is 77.0 Å². The molecular weight excluding hydrogens is 357 g/mol. The Balaban J connectivity index is 1.60. The molecule has 0 bridgehead atoms. The molecule has 1 aliphatic rings. The van der Waals surface area contributed by atoms with Gasteiger partial charge in [0.05, 0.1) is 0 Å². The van der Waals surface area contributed by atoms with Crippen LogP contribution in [0.25, 0.3) is 16.8 Å². The van der Waals surface area contributed by atoms with Crippen LogP contribution in [0.4, 0.5) is 13.2 Å². The van der Waals surface area contributed by atoms with E-state index in [1.54, 1.807) is 12.1 Å². The fraction of sp³-hybridized carbons (Fsp3) is 0.520. The zero-order chi connectivity index (χ0) is 19.9. The summed E-state index contributed by atoms with van der Waals surface area (Å²) < 4.78 is 39.4. The maximum atomic E-state index is 14.5. The molecule has 0 aromatic heterocycles. The molecule has 0 aliphatic heterocycles. The molecule has 3 heteroatoms. The van der Waals surface area contributed by atoms with Gasteiger partial charge in [0.15, 0.2) is 0 Å². The lowest BCUT2D eigenvalue weighted by Crippen LogP contribution is -2.13. The van der Waals surface area contributed by atoms with Crippen LogP contribution in [0.3, 0.4) is 0 Å². The third kappa shape index (κ3) is 5.40. The average molecular weight is 389 g/mol. The quantitative estimate of drug-likeness (QED) is 0.396. The predicted octanol–water partition coefficient (Wildman–Crippen LogP) is 8.85. The normalized spacial score (nSPS) is 19.7. The van der Waals surface area contributed by atoms with Gasteiger partial charge >= 0.3 is 0 Å². The van der Waals surface area contributed by atoms with Gasteiger partial charge in [-0.3, -0.25) is 0 Å². The van der Waals surface area contributed by atoms with Crippen molar-refractivity contribution < 1.29 is 13.2 Å². The summed E-state index contributed by atoms with van der Waals surface area (Å²) in [5.41, 5.74) is 1.20. The highest BCUT2D eigenvalue weighted by Crippen LogP contribution is 2.39. The zero-order valence-electron chi connectivity index (χ0n) is 16.8. The van der Waals surface area contributed by atoms with Gasteiger partial charge in [-0.1, -0.05) is 75.8 Å². The number of rotatable bonds is 8. The predicted molar refractivity (Wildman–Crippen MR) is 112 cm³/mol. The van der Waals surface area contributed by atoms with Crippen molar-refractivity contribution in [1.82, 2.24) is 0 Å². The highest BCUT2D eigenvalue weighted by atomic mass is 19.3. The highest BCUT2D eigenvalue weighted by Gasteiger charge is 2.22. The largest absolute Gasteiger partial charge is 0.271 e. The van der Waals surface area contributed by atoms with E-state index >= 15 is 0 Å². The Hall–Kier alpha value is -1.77. The molecule has 0 saturated heterocycles. The van der Waals surface area contributed by atoms with Crippen LogP contribution in [-0.4, -0.2) is 0 Å². The van der Waals surface area contributed by atoms with Crippen LogP contribution in [0.15, 0.2) is 36.4 Å². The van der Waals surface area contributed by atoms with E-state index in [0.717, 1.165) is 11.3 Å². The molecule has 3 rings (SSSR count). The van der Waals surface area contributed by atoms with E-state index in [9.17, 15) is 13.2 Å². The molecule has 0 nitrogen and oxygen atoms in total. The topological polar surface area (TPSA) is 0 Å². The molecule has 0 heterocycles. The average Bonchev–Trinajstić information content (AvgIpc) is 2.70. The molecule has 152 valence electrons. The van der Waals surface area contributed by atoms with Crippen molar-refractivity contribution >= 4 is 16.8 Å². The molecule has 1 saturated carbocycles. The number of hydrogen-bond acceptors (Lipinski definition) is 0. The first-order chi connectivity index (χ1) is 13.6. The lowest BCUT2D eigenvalue weighted by Gasteiger charge is -2.29. The SMILES string of the molecule is CCCCCCCC1CCC(c2ccc3c(F)c(C=C(F)F)ccc3c2)CC1. The summed E-state index contributed by atoms with van der Waals surface area (Å²) >= 11 is 0. The van der Waals surface area contributed by atoms with Gasteiger partial charge in [0, 0.05) is 17.0 Å². The van der Waals surface area contributed by atoms with Crippen LogP contribution in [0.1, 0.15) is 88.2 Å². The summed E-state index contributed by atoms with van der Waals surface area (Å²) in [6, 6.07) is 8.98. The van der Waals surface area contributed by atoms with E-state index in [-0.39, 0.29) is 5.56 Å². The van der Waals surface area contributed by atoms with E-state index in [0.29, 0.717) is 17.4 Å². The van der Waals surface area contributed by atoms with Crippen molar-refractivity contribution in [2.75, 3.05) is 0 Å². The Bertz CT molecular complexity index is 797. The number of fused-ring (bicyclic) bond motifs is 1. The molecule has 0 N–H and O–H groups in total. The van der Waals surface area contributed by atoms with Crippen LogP contribution < -0.4 is 0 Å². The second-order valence-electron chi connectivity index (χ2n) is 8.30. The second kappa shape index (κ2) is 10.1. The first kappa shape index (κ1) is 21.0. The minimum atomic E-state index is -1.88. The smallest absolute Gasteiger partial charge is 0.206 e. The molecule has 0 spiro atoms. The van der Waals surface area contributed by atoms with E-state index in [2.05, 4.69) is 6.92 Å². The van der Waals surface area contributed by atoms with Gasteiger partial charge in [0.25, 0.3) is 6.08 Å². The summed E-state index contributed by atoms with van der Waals surface area (Å²) in [4.78, 5) is 0. The fourth-order valence-electron chi connectivity index (χ4n) is 4.63. The number of benzene rings is 2. The van der Waals surface area contributed by atoms with Crippen LogP contribution in [-0.2, 0) is 0 Å². The highest BCUT2D eigenvalue weighted by molar-refractivity contribution is 5.86. The van der Waals surface area contributed by atoms with Crippen molar-refractivity contribution in [3.63, 3.8) is 0 Å². The molecule has 2 aromatic rings. The maximum absolute atomic E-state index is 14.5. The molecule has 2 aromatic carbocycles. The van der Waals surface area contributed by atoms with Gasteiger partial charge < -0.3 is 0 Å². The Morgan fingerprint density at radius 1 is 0.964 bits per heavy atom. The summed E-state index contributed by atoms with van der Waals surface area (Å²) in [5, 5.41) is 1.21. The molecule has 0 unspecified atom stereocenters. The lowest BCUT2D eigenvalue weighted by atomic mass is 9.76. The van der Waals surface area contributed by atoms with Crippen LogP contribution in [0, 0.1) is 11.7 Å². The first-order valence-electron chi connectivity index (χ1n) is 10.8. The summed E-state index contributed by atoms with van der Waals surface area (Å²) in [6.45, 7) is 2.25. The van der Waals surface area contributed by atoms with Crippen LogP contribution in [0.5, 0.6) is 0 Å². The molecule has 0 amide bonds. The minimum absolute atomic E-state index is 0.0558. The molecular formula is C25H31F3. The third-order valence-electron chi connectivity index (χ3n) is 6.31. The third-order valence-corrected chi connectivity index (χ3v) is 6.31. The Morgan fingerprint density at radius 2 is 1.71 bits per heavy atom. The molecule has 0 radical (unpaired) electrons. The lowest BCUT2D eigenvalue weighted by molar-refractivity contribution is 0.302. The minimum Gasteiger partial charge on any atom is -0.206 e. The van der Waals surface area contributed by atoms with Crippen molar-refractivity contribution in [2.24, 2.45) is 5.92 Å². The summed E-state index contributed by atoms with van der Waals surface area (Å²) in [7, 11) is 0. The Kier molecular flexibility index (Phi) is 7.58. The zero-order valence-corrected chi connectivity index (χ0v) is 16.8. The standard InChI is InChI=1S/C25H31F3/c1-2-3-4-5-6-7-18-8-10-19(11-9-18)20-14-15-23-21(16-20)12-13-22(25(23)28)17-24(26)27/h12-19H,2-11H2,1H3. The van der Waals surface area contributed by atoms with E-state index < -0.39 is 11.9 Å². The molecule has 1 aliphatic carbocycles. The van der Waals surface area contributed by atoms with E-state index in [1.807, 2.05) is 12.1 Å². The number of hydrogen-bond donors (Lipinski definition) is 0. The van der Waals surface area contributed by atoms with Gasteiger partial charge in [0.1, 0.15) is 5.82 Å². The maximum Gasteiger partial charge on any atom is 0.271 e. The second-order valence-corrected chi connectivity index (χ2v) is 8.30. The fourth-order valence-corrected chi connectivity index (χ4v) is 4.63. The Morgan fingerprint density at radius 3 is 2.43 bits per heavy atom. The van der Waals surface area contributed by atoms with Gasteiger partial charge in [0.2, 0.25) is 0 Å². The molecule has 0 atom stereocenters. The summed E-state index contributed by atoms with van der Waals surface area (Å²) in [6.07, 6.45) is 11.8. The van der Waals surface area contributed by atoms with E-state index in [4.69, 9.17) is 0 Å². The molecule has 1 fully saturated rings. The Labute approximate surface area is 166 Å². The first-order valence-corrected chi connectivity index (χ1v) is 10.8.